The highest BCUT2D eigenvalue weighted by Crippen LogP contribution is 2.24. The molecule has 3 aromatic carbocycles. The van der Waals surface area contributed by atoms with Crippen molar-refractivity contribution in [2.75, 3.05) is 5.32 Å². The molecule has 0 atom stereocenters. The summed E-state index contributed by atoms with van der Waals surface area (Å²) in [5.74, 6) is -2.00. The number of carbonyl (C=O) groups excluding carboxylic acids is 2. The van der Waals surface area contributed by atoms with Crippen LogP contribution in [0.1, 0.15) is 16.8 Å². The van der Waals surface area contributed by atoms with Crippen LogP contribution in [0.4, 0.5) is 5.69 Å². The maximum Gasteiger partial charge on any atom is 0.286 e. The van der Waals surface area contributed by atoms with Gasteiger partial charge in [0, 0.05) is 5.69 Å². The summed E-state index contributed by atoms with van der Waals surface area (Å²) in [5, 5.41) is 13.6. The maximum absolute atomic E-state index is 13.3. The van der Waals surface area contributed by atoms with Gasteiger partial charge in [-0.1, -0.05) is 36.4 Å². The number of aromatic nitrogens is 3. The molecule has 0 fully saturated rings. The minimum absolute atomic E-state index is 0.201. The first-order valence-electron chi connectivity index (χ1n) is 10.6. The highest BCUT2D eigenvalue weighted by atomic mass is 32.1. The fraction of sp³-hybridized carbons (Fsp3) is 0.0400. The lowest BCUT2D eigenvalue weighted by Gasteiger charge is -2.12. The number of nitrogens with zero attached hydrogens (tertiary/aromatic N) is 2. The van der Waals surface area contributed by atoms with Gasteiger partial charge in [-0.15, -0.1) is 0 Å². The van der Waals surface area contributed by atoms with E-state index in [4.69, 9.17) is 16.6 Å². The van der Waals surface area contributed by atoms with Crippen molar-refractivity contribution in [1.29, 1.82) is 0 Å². The Bertz CT molecular complexity index is 1680. The number of nitrogens with one attached hydrogen (secondary N) is 2. The first kappa shape index (κ1) is 22.1. The molecule has 10 heteroatoms. The fourth-order valence-corrected chi connectivity index (χ4v) is 4.01. The highest BCUT2D eigenvalue weighted by Gasteiger charge is 2.28. The van der Waals surface area contributed by atoms with Gasteiger partial charge in [-0.05, 0) is 54.7 Å². The van der Waals surface area contributed by atoms with E-state index in [9.17, 15) is 19.5 Å². The van der Waals surface area contributed by atoms with E-state index < -0.39 is 35.1 Å². The molecule has 174 valence electrons. The van der Waals surface area contributed by atoms with Gasteiger partial charge in [0.25, 0.3) is 10.4 Å². The molecule has 0 bridgehead atoms. The van der Waals surface area contributed by atoms with Gasteiger partial charge in [0.05, 0.1) is 23.3 Å². The van der Waals surface area contributed by atoms with E-state index in [-0.39, 0.29) is 4.84 Å². The number of oxazole rings is 1. The lowest BCUT2D eigenvalue weighted by Crippen LogP contribution is -2.25. The van der Waals surface area contributed by atoms with Crippen LogP contribution < -0.4 is 10.9 Å². The van der Waals surface area contributed by atoms with Gasteiger partial charge in [0.15, 0.2) is 11.4 Å². The molecule has 0 unspecified atom stereocenters. The summed E-state index contributed by atoms with van der Waals surface area (Å²) in [5.41, 5.74) is 1.24. The Kier molecular flexibility index (Phi) is 5.63. The van der Waals surface area contributed by atoms with Gasteiger partial charge in [0.2, 0.25) is 11.8 Å². The molecular formula is C25H18N4O5S. The maximum atomic E-state index is 13.3. The largest absolute Gasteiger partial charge is 0.493 e. The molecule has 0 aliphatic heterocycles. The standard InChI is InChI=1S/C25H18N4O5S/c30-19(14-21(31)26-15-11-12-20-18(13-15)27-25(35)34-20)22-23(32)28(16-7-3-1-4-8-16)29(24(22)33)17-9-5-2-6-10-17/h1-13,32H,14H2,(H,26,31)(H,27,35). The second-order valence-electron chi connectivity index (χ2n) is 7.67. The minimum atomic E-state index is -0.812. The number of fused-ring (bicyclic) bond motifs is 1. The van der Waals surface area contributed by atoms with Crippen LogP contribution in [0.25, 0.3) is 22.5 Å². The molecule has 2 heterocycles. The third kappa shape index (κ3) is 4.18. The van der Waals surface area contributed by atoms with Gasteiger partial charge >= 0.3 is 0 Å². The zero-order chi connectivity index (χ0) is 24.5. The molecule has 1 amide bonds. The number of anilines is 1. The van der Waals surface area contributed by atoms with Crippen molar-refractivity contribution in [3.8, 4) is 17.3 Å². The summed E-state index contributed by atoms with van der Waals surface area (Å²) in [7, 11) is 0. The van der Waals surface area contributed by atoms with Crippen LogP contribution in [0.15, 0.2) is 88.1 Å². The Hall–Kier alpha value is -4.70. The summed E-state index contributed by atoms with van der Waals surface area (Å²) in [6.07, 6.45) is -0.643. The Morgan fingerprint density at radius 1 is 0.943 bits per heavy atom. The minimum Gasteiger partial charge on any atom is -0.493 e. The van der Waals surface area contributed by atoms with Crippen LogP contribution in [0.2, 0.25) is 0 Å². The molecule has 0 saturated heterocycles. The van der Waals surface area contributed by atoms with E-state index in [1.54, 1.807) is 78.9 Å². The average molecular weight is 487 g/mol. The third-order valence-corrected chi connectivity index (χ3v) is 5.52. The predicted molar refractivity (Wildman–Crippen MR) is 132 cm³/mol. The zero-order valence-electron chi connectivity index (χ0n) is 18.1. The molecule has 5 aromatic rings. The van der Waals surface area contributed by atoms with Crippen molar-refractivity contribution in [3.63, 3.8) is 0 Å². The van der Waals surface area contributed by atoms with Crippen LogP contribution in [0.5, 0.6) is 5.88 Å². The molecule has 0 radical (unpaired) electrons. The van der Waals surface area contributed by atoms with Crippen LogP contribution in [-0.2, 0) is 4.79 Å². The molecular weight excluding hydrogens is 468 g/mol. The van der Waals surface area contributed by atoms with E-state index in [2.05, 4.69) is 10.3 Å². The van der Waals surface area contributed by atoms with Crippen LogP contribution in [0, 0.1) is 4.84 Å². The van der Waals surface area contributed by atoms with Crippen LogP contribution in [0.3, 0.4) is 0 Å². The summed E-state index contributed by atoms with van der Waals surface area (Å²) >= 11 is 4.95. The van der Waals surface area contributed by atoms with E-state index >= 15 is 0 Å². The number of benzene rings is 3. The Morgan fingerprint density at radius 3 is 2.23 bits per heavy atom. The van der Waals surface area contributed by atoms with Crippen LogP contribution >= 0.6 is 12.2 Å². The molecule has 2 aromatic heterocycles. The predicted octanol–water partition coefficient (Wildman–Crippen LogP) is 4.35. The van der Waals surface area contributed by atoms with Crippen molar-refractivity contribution in [2.45, 2.75) is 6.42 Å². The second-order valence-corrected chi connectivity index (χ2v) is 8.04. The molecule has 9 nitrogen and oxygen atoms in total. The first-order chi connectivity index (χ1) is 16.9. The molecule has 35 heavy (non-hydrogen) atoms. The molecule has 0 aliphatic rings. The summed E-state index contributed by atoms with van der Waals surface area (Å²) in [4.78, 5) is 42.0. The number of rotatable bonds is 6. The SMILES string of the molecule is O=C(CC(=O)c1c(O)n(-c2ccccc2)n(-c2ccccc2)c1=O)Nc1ccc2oc(=S)[nH]c2c1. The third-order valence-electron chi connectivity index (χ3n) is 5.33. The number of H-pyrrole nitrogens is 1. The topological polar surface area (TPSA) is 122 Å². The number of hydrogen-bond donors (Lipinski definition) is 3. The van der Waals surface area contributed by atoms with Crippen molar-refractivity contribution in [1.82, 2.24) is 14.3 Å². The summed E-state index contributed by atoms with van der Waals surface area (Å²) in [6, 6.07) is 22.1. The lowest BCUT2D eigenvalue weighted by molar-refractivity contribution is -0.115. The summed E-state index contributed by atoms with van der Waals surface area (Å²) < 4.78 is 7.74. The number of aromatic hydroxyl groups is 1. The van der Waals surface area contributed by atoms with E-state index in [1.165, 1.54) is 9.36 Å². The normalized spacial score (nSPS) is 11.0. The van der Waals surface area contributed by atoms with Crippen molar-refractivity contribution < 1.29 is 19.1 Å². The second kappa shape index (κ2) is 8.92. The smallest absolute Gasteiger partial charge is 0.286 e. The van der Waals surface area contributed by atoms with Crippen molar-refractivity contribution in [3.05, 3.63) is 99.6 Å². The van der Waals surface area contributed by atoms with Gasteiger partial charge in [-0.3, -0.25) is 14.4 Å². The number of para-hydroxylation sites is 2. The number of hydrogen-bond acceptors (Lipinski definition) is 6. The quantitative estimate of drug-likeness (QED) is 0.186. The van der Waals surface area contributed by atoms with Crippen molar-refractivity contribution in [2.24, 2.45) is 0 Å². The number of carbonyl (C=O) groups is 2. The average Bonchev–Trinajstić information content (AvgIpc) is 3.34. The molecule has 0 aliphatic carbocycles. The molecule has 5 rings (SSSR count). The Labute approximate surface area is 202 Å². The molecule has 0 saturated carbocycles. The number of aromatic amines is 1. The number of amides is 1. The van der Waals surface area contributed by atoms with Gasteiger partial charge in [0.1, 0.15) is 5.56 Å². The van der Waals surface area contributed by atoms with E-state index in [0.29, 0.717) is 28.2 Å². The highest BCUT2D eigenvalue weighted by molar-refractivity contribution is 7.71. The lowest BCUT2D eigenvalue weighted by atomic mass is 10.1. The van der Waals surface area contributed by atoms with Crippen molar-refractivity contribution >= 4 is 40.7 Å². The fourth-order valence-electron chi connectivity index (χ4n) is 3.81. The molecule has 0 spiro atoms. The monoisotopic (exact) mass is 486 g/mol. The first-order valence-corrected chi connectivity index (χ1v) is 11.0. The zero-order valence-corrected chi connectivity index (χ0v) is 18.9. The van der Waals surface area contributed by atoms with E-state index in [0.717, 1.165) is 0 Å². The number of ketones is 1. The summed E-state index contributed by atoms with van der Waals surface area (Å²) in [6.45, 7) is 0. The van der Waals surface area contributed by atoms with Crippen LogP contribution in [-0.4, -0.2) is 31.1 Å². The van der Waals surface area contributed by atoms with E-state index in [1.807, 2.05) is 0 Å². The van der Waals surface area contributed by atoms with Gasteiger partial charge < -0.3 is 19.8 Å². The molecule has 3 N–H and O–H groups in total. The Balaban J connectivity index is 1.48. The Morgan fingerprint density at radius 2 is 1.57 bits per heavy atom. The van der Waals surface area contributed by atoms with Gasteiger partial charge in [-0.25, -0.2) is 9.36 Å². The number of Topliss-reactive ketones (excluding diaryl/α,β-unsaturated/α-hetero) is 1. The van der Waals surface area contributed by atoms with Gasteiger partial charge in [-0.2, -0.15) is 0 Å².